The molecule has 3 nitrogen and oxygen atoms in total. The zero-order valence-electron chi connectivity index (χ0n) is 17.7. The molecule has 0 fully saturated rings. The average molecular weight is 438 g/mol. The van der Waals surface area contributed by atoms with Gasteiger partial charge in [-0.2, -0.15) is 0 Å². The van der Waals surface area contributed by atoms with Gasteiger partial charge in [0.25, 0.3) is 0 Å². The molecule has 0 radical (unpaired) electrons. The lowest BCUT2D eigenvalue weighted by atomic mass is 10.0. The SMILES string of the molecule is CC(C)n1c(-c2cccc3c2sc2ncc(-c4ccc(F)cc4)cc23)nc2ccccc21. The van der Waals surface area contributed by atoms with Crippen LogP contribution in [0.25, 0.3) is 53.9 Å². The second-order valence-electron chi connectivity index (χ2n) is 8.26. The minimum Gasteiger partial charge on any atom is -0.321 e. The molecule has 0 spiro atoms. The largest absolute Gasteiger partial charge is 0.321 e. The summed E-state index contributed by atoms with van der Waals surface area (Å²) in [5.41, 5.74) is 5.21. The first-order valence-corrected chi connectivity index (χ1v) is 11.5. The number of benzene rings is 3. The van der Waals surface area contributed by atoms with Crippen molar-refractivity contribution in [3.8, 4) is 22.5 Å². The highest BCUT2D eigenvalue weighted by atomic mass is 32.1. The van der Waals surface area contributed by atoms with E-state index in [1.165, 1.54) is 22.2 Å². The molecule has 0 N–H and O–H groups in total. The summed E-state index contributed by atoms with van der Waals surface area (Å²) in [6.45, 7) is 4.39. The molecule has 3 aromatic carbocycles. The maximum absolute atomic E-state index is 13.4. The second-order valence-corrected chi connectivity index (χ2v) is 9.25. The van der Waals surface area contributed by atoms with Crippen molar-refractivity contribution >= 4 is 42.7 Å². The molecule has 3 heterocycles. The number of rotatable bonds is 3. The predicted octanol–water partition coefficient (Wildman–Crippen LogP) is 7.85. The van der Waals surface area contributed by atoms with Crippen molar-refractivity contribution in [1.82, 2.24) is 14.5 Å². The standard InChI is InChI=1S/C27H20FN3S/c1-16(2)31-24-9-4-3-8-23(24)30-26(31)21-7-5-6-20-22-14-18(15-29-27(22)32-25(20)21)17-10-12-19(28)13-11-17/h3-16H,1-2H3. The molecule has 0 bridgehead atoms. The van der Waals surface area contributed by atoms with E-state index in [1.54, 1.807) is 23.5 Å². The van der Waals surface area contributed by atoms with E-state index in [9.17, 15) is 4.39 Å². The number of thiophene rings is 1. The van der Waals surface area contributed by atoms with E-state index in [0.717, 1.165) is 43.8 Å². The third-order valence-electron chi connectivity index (χ3n) is 5.89. The van der Waals surface area contributed by atoms with Crippen LogP contribution in [0.5, 0.6) is 0 Å². The Hall–Kier alpha value is -3.57. The van der Waals surface area contributed by atoms with Gasteiger partial charge in [-0.15, -0.1) is 11.3 Å². The van der Waals surface area contributed by atoms with Crippen LogP contribution in [-0.2, 0) is 0 Å². The Morgan fingerprint density at radius 1 is 0.875 bits per heavy atom. The Labute approximate surface area is 188 Å². The molecule has 0 unspecified atom stereocenters. The van der Waals surface area contributed by atoms with E-state index in [0.29, 0.717) is 0 Å². The number of nitrogens with zero attached hydrogens (tertiary/aromatic N) is 3. The van der Waals surface area contributed by atoms with E-state index >= 15 is 0 Å². The van der Waals surface area contributed by atoms with Crippen LogP contribution >= 0.6 is 11.3 Å². The number of fused-ring (bicyclic) bond motifs is 4. The number of para-hydroxylation sites is 2. The number of aromatic nitrogens is 3. The first kappa shape index (κ1) is 19.1. The molecule has 5 heteroatoms. The van der Waals surface area contributed by atoms with Crippen LogP contribution < -0.4 is 0 Å². The van der Waals surface area contributed by atoms with Crippen molar-refractivity contribution < 1.29 is 4.39 Å². The van der Waals surface area contributed by atoms with Crippen LogP contribution in [0.3, 0.4) is 0 Å². The minimum absolute atomic E-state index is 0.235. The van der Waals surface area contributed by atoms with Crippen molar-refractivity contribution in [3.63, 3.8) is 0 Å². The third kappa shape index (κ3) is 2.93. The van der Waals surface area contributed by atoms with Gasteiger partial charge in [-0.1, -0.05) is 36.4 Å². The van der Waals surface area contributed by atoms with Crippen LogP contribution in [0.15, 0.2) is 79.0 Å². The first-order valence-electron chi connectivity index (χ1n) is 10.6. The molecule has 32 heavy (non-hydrogen) atoms. The maximum atomic E-state index is 13.4. The van der Waals surface area contributed by atoms with Gasteiger partial charge >= 0.3 is 0 Å². The predicted molar refractivity (Wildman–Crippen MR) is 132 cm³/mol. The molecule has 3 aromatic heterocycles. The normalized spacial score (nSPS) is 11.9. The van der Waals surface area contributed by atoms with Gasteiger partial charge in [0.15, 0.2) is 0 Å². The number of hydrogen-bond donors (Lipinski definition) is 0. The second kappa shape index (κ2) is 7.24. The van der Waals surface area contributed by atoms with Gasteiger partial charge in [-0.05, 0) is 55.8 Å². The molecule has 0 aliphatic rings. The zero-order valence-corrected chi connectivity index (χ0v) is 18.5. The summed E-state index contributed by atoms with van der Waals surface area (Å²) in [6, 6.07) is 23.7. The summed E-state index contributed by atoms with van der Waals surface area (Å²) in [5, 5.41) is 2.28. The van der Waals surface area contributed by atoms with E-state index in [1.807, 2.05) is 12.3 Å². The lowest BCUT2D eigenvalue weighted by Crippen LogP contribution is -2.03. The van der Waals surface area contributed by atoms with Crippen LogP contribution in [-0.4, -0.2) is 14.5 Å². The summed E-state index contributed by atoms with van der Waals surface area (Å²) in [4.78, 5) is 10.8. The number of hydrogen-bond acceptors (Lipinski definition) is 3. The Morgan fingerprint density at radius 2 is 1.69 bits per heavy atom. The average Bonchev–Trinajstić information content (AvgIpc) is 3.37. The van der Waals surface area contributed by atoms with Crippen molar-refractivity contribution in [2.24, 2.45) is 0 Å². The Bertz CT molecular complexity index is 1610. The highest BCUT2D eigenvalue weighted by Crippen LogP contribution is 2.41. The highest BCUT2D eigenvalue weighted by Gasteiger charge is 2.19. The van der Waals surface area contributed by atoms with Crippen molar-refractivity contribution in [1.29, 1.82) is 0 Å². The van der Waals surface area contributed by atoms with Crippen LogP contribution in [0, 0.1) is 5.82 Å². The molecule has 0 saturated heterocycles. The molecule has 0 aliphatic carbocycles. The fourth-order valence-electron chi connectivity index (χ4n) is 4.42. The Kier molecular flexibility index (Phi) is 4.33. The summed E-state index contributed by atoms with van der Waals surface area (Å²) in [5.74, 6) is 0.749. The summed E-state index contributed by atoms with van der Waals surface area (Å²) < 4.78 is 16.9. The van der Waals surface area contributed by atoms with Gasteiger partial charge in [0.1, 0.15) is 16.5 Å². The zero-order chi connectivity index (χ0) is 21.8. The van der Waals surface area contributed by atoms with Gasteiger partial charge in [-0.3, -0.25) is 0 Å². The van der Waals surface area contributed by atoms with Gasteiger partial charge in [-0.25, -0.2) is 14.4 Å². The molecular formula is C27H20FN3S. The van der Waals surface area contributed by atoms with E-state index < -0.39 is 0 Å². The van der Waals surface area contributed by atoms with Crippen molar-refractivity contribution in [2.45, 2.75) is 19.9 Å². The lowest BCUT2D eigenvalue weighted by molar-refractivity contribution is 0.625. The molecule has 6 rings (SSSR count). The van der Waals surface area contributed by atoms with Crippen molar-refractivity contribution in [3.05, 3.63) is 84.8 Å². The number of pyridine rings is 1. The third-order valence-corrected chi connectivity index (χ3v) is 7.05. The van der Waals surface area contributed by atoms with E-state index in [2.05, 4.69) is 60.9 Å². The molecular weight excluding hydrogens is 417 g/mol. The first-order chi connectivity index (χ1) is 15.6. The molecule has 0 aliphatic heterocycles. The topological polar surface area (TPSA) is 30.7 Å². The summed E-state index contributed by atoms with van der Waals surface area (Å²) in [7, 11) is 0. The monoisotopic (exact) mass is 437 g/mol. The van der Waals surface area contributed by atoms with Crippen LogP contribution in [0.2, 0.25) is 0 Å². The summed E-state index contributed by atoms with van der Waals surface area (Å²) >= 11 is 1.70. The summed E-state index contributed by atoms with van der Waals surface area (Å²) in [6.07, 6.45) is 1.87. The fourth-order valence-corrected chi connectivity index (χ4v) is 5.55. The number of halogens is 1. The smallest absolute Gasteiger partial charge is 0.142 e. The number of imidazole rings is 1. The maximum Gasteiger partial charge on any atom is 0.142 e. The minimum atomic E-state index is -0.235. The molecule has 0 atom stereocenters. The van der Waals surface area contributed by atoms with Crippen molar-refractivity contribution in [2.75, 3.05) is 0 Å². The quantitative estimate of drug-likeness (QED) is 0.282. The molecule has 6 aromatic rings. The lowest BCUT2D eigenvalue weighted by Gasteiger charge is -2.13. The van der Waals surface area contributed by atoms with Crippen LogP contribution in [0.4, 0.5) is 4.39 Å². The molecule has 0 amide bonds. The van der Waals surface area contributed by atoms with E-state index in [-0.39, 0.29) is 11.9 Å². The highest BCUT2D eigenvalue weighted by molar-refractivity contribution is 7.26. The molecule has 0 saturated carbocycles. The van der Waals surface area contributed by atoms with Crippen LogP contribution in [0.1, 0.15) is 19.9 Å². The van der Waals surface area contributed by atoms with Gasteiger partial charge in [0.2, 0.25) is 0 Å². The van der Waals surface area contributed by atoms with Gasteiger partial charge in [0.05, 0.1) is 11.0 Å². The van der Waals surface area contributed by atoms with Gasteiger partial charge in [0, 0.05) is 38.8 Å². The Balaban J connectivity index is 1.60. The van der Waals surface area contributed by atoms with E-state index in [4.69, 9.17) is 9.97 Å². The fraction of sp³-hybridized carbons (Fsp3) is 0.111. The molecule has 156 valence electrons. The Morgan fingerprint density at radius 3 is 2.50 bits per heavy atom. The van der Waals surface area contributed by atoms with Gasteiger partial charge < -0.3 is 4.57 Å².